The van der Waals surface area contributed by atoms with E-state index in [1.807, 2.05) is 0 Å². The Hall–Kier alpha value is -13.0. The molecular weight excluding hydrogens is 1710 g/mol. The summed E-state index contributed by atoms with van der Waals surface area (Å²) < 4.78 is 31.7. The van der Waals surface area contributed by atoms with E-state index in [1.54, 1.807) is 27.7 Å². The molecule has 730 valence electrons. The molecule has 1 heterocycles. The van der Waals surface area contributed by atoms with Crippen molar-refractivity contribution in [1.29, 1.82) is 0 Å². The molecule has 0 aromatic heterocycles. The van der Waals surface area contributed by atoms with Gasteiger partial charge in [0, 0.05) is 52.1 Å². The molecule has 1 aromatic carbocycles. The molecule has 1 aliphatic rings. The number of aromatic hydroxyl groups is 1. The molecule has 0 unspecified atom stereocenters. The number of phenols is 1. The Kier molecular flexibility index (Phi) is 55.3. The first kappa shape index (κ1) is 116. The molecule has 0 spiro atoms. The maximum absolute atomic E-state index is 14.9. The highest BCUT2D eigenvalue weighted by Crippen LogP contribution is 2.22. The number of hydrogen-bond acceptors (Lipinski definition) is 25. The largest absolute Gasteiger partial charge is 0.508 e. The summed E-state index contributed by atoms with van der Waals surface area (Å²) in [6, 6.07) is -14.5. The second-order valence-corrected chi connectivity index (χ2v) is 30.2. The molecule has 0 saturated carbocycles. The number of amides is 12. The molecule has 12 amide bonds. The highest BCUT2D eigenvalue weighted by atomic mass is 19.4. The van der Waals surface area contributed by atoms with Crippen molar-refractivity contribution < 1.29 is 116 Å². The van der Waals surface area contributed by atoms with Crippen molar-refractivity contribution in [2.75, 3.05) is 59.0 Å². The lowest BCUT2D eigenvalue weighted by Crippen LogP contribution is -2.62. The second kappa shape index (κ2) is 61.5. The average molecular weight is 1850 g/mol. The fraction of sp³-hybridized carbons (Fsp3) is 0.658. The summed E-state index contributed by atoms with van der Waals surface area (Å²) in [4.78, 5) is 226. The van der Waals surface area contributed by atoms with Crippen LogP contribution in [0.4, 0.5) is 13.2 Å². The molecule has 0 radical (unpaired) electrons. The highest BCUT2D eigenvalue weighted by molar-refractivity contribution is 6.00. The van der Waals surface area contributed by atoms with Gasteiger partial charge in [-0.15, -0.1) is 0 Å². The van der Waals surface area contributed by atoms with Gasteiger partial charge in [0.25, 0.3) is 0 Å². The summed E-state index contributed by atoms with van der Waals surface area (Å²) in [6.45, 7) is 4.46. The number of carbonyl (C=O) groups excluding carboxylic acids is 12. The van der Waals surface area contributed by atoms with Crippen LogP contribution in [-0.2, 0) is 78.3 Å². The number of aliphatic imine (C=N–C) groups is 5. The molecule has 1 aliphatic heterocycles. The second-order valence-electron chi connectivity index (χ2n) is 30.2. The number of nitrogens with zero attached hydrogens (tertiary/aromatic N) is 6. The van der Waals surface area contributed by atoms with Crippen molar-refractivity contribution in [3.8, 4) is 5.75 Å². The zero-order chi connectivity index (χ0) is 97.1. The lowest BCUT2D eigenvalue weighted by Gasteiger charge is -2.31. The van der Waals surface area contributed by atoms with Crippen LogP contribution >= 0.6 is 0 Å². The minimum Gasteiger partial charge on any atom is -0.508 e. The molecule has 0 aliphatic carbocycles. The third kappa shape index (κ3) is 47.4. The van der Waals surface area contributed by atoms with Gasteiger partial charge in [-0.05, 0) is 139 Å². The summed E-state index contributed by atoms with van der Waals surface area (Å²) in [5, 5.41) is 85.9. The van der Waals surface area contributed by atoms with E-state index in [0.29, 0.717) is 24.9 Å². The molecule has 0 bridgehead atoms. The first-order valence-corrected chi connectivity index (χ1v) is 41.2. The van der Waals surface area contributed by atoms with E-state index in [4.69, 9.17) is 78.7 Å². The molecule has 53 heteroatoms. The topological polar surface area (TPSA) is 887 Å². The molecule has 50 nitrogen and oxygen atoms in total. The maximum Gasteiger partial charge on any atom is 0.490 e. The molecule has 1 aromatic rings. The number of guanidine groups is 5. The van der Waals surface area contributed by atoms with Crippen LogP contribution in [0.3, 0.4) is 0 Å². The number of aliphatic hydroxyl groups excluding tert-OH is 2. The van der Waals surface area contributed by atoms with Gasteiger partial charge < -0.3 is 163 Å². The number of hydrogen-bond donors (Lipinski definition) is 29. The van der Waals surface area contributed by atoms with Crippen molar-refractivity contribution in [3.63, 3.8) is 0 Å². The molecule has 129 heavy (non-hydrogen) atoms. The number of unbranched alkanes of at least 4 members (excludes halogenated alkanes) is 1. The van der Waals surface area contributed by atoms with E-state index in [2.05, 4.69) is 83.4 Å². The van der Waals surface area contributed by atoms with Crippen LogP contribution < -0.4 is 127 Å². The van der Waals surface area contributed by atoms with Gasteiger partial charge >= 0.3 is 24.1 Å². The third-order valence-corrected chi connectivity index (χ3v) is 19.3. The van der Waals surface area contributed by atoms with Crippen LogP contribution in [0.25, 0.3) is 0 Å². The number of rotatable bonds is 59. The number of aliphatic hydroxyl groups is 2. The Morgan fingerprint density at radius 3 is 1.20 bits per heavy atom. The van der Waals surface area contributed by atoms with Crippen molar-refractivity contribution in [1.82, 2.24) is 63.4 Å². The van der Waals surface area contributed by atoms with E-state index >= 15 is 0 Å². The van der Waals surface area contributed by atoms with Gasteiger partial charge in [0.1, 0.15) is 78.3 Å². The number of phenolic OH excluding ortho intramolecular Hbond substituents is 1. The Balaban J connectivity index is 0.0000196. The number of carboxylic acids is 3. The summed E-state index contributed by atoms with van der Waals surface area (Å²) in [5.41, 5.74) is 67.3. The normalized spacial score (nSPS) is 15.1. The standard InChI is InChI=1S/C73H129N29O19.C2HF3O2.CH4/c1-5-39(4)55(101-60(112)46(25-26-54(106)107)94-58(110)44(16-9-29-87-70(78)79)92-57(109)43(15-8-28-86-69(76)77)91-56(108)42(75)14-6-7-27-74)66(118)98-49(34-38(2)3)61(113)99-51(36-103)63(115)93-45(17-10-30-88-71(80)81)59(111)95-47(18-11-31-89-72(82)83)67(119)102-33-13-20-53(102)65(117)100-52(37-104)64(116)97-50(35-40-21-23-41(105)24-22-40)62(114)96-48(68(120)121)19-12-32-90-73(84)85;3-2(4,5)1(6)7;/h21-24,38-39,42-53,55,103-105H,5-20,25-37,74-75H2,1-4H3,(H,91,108)(H,92,109)(H,93,115)(H,94,110)(H,95,111)(H,96,114)(H,97,116)(H,98,118)(H,99,113)(H,100,117)(H,101,112)(H,106,107)(H,120,121)(H4,76,77,86)(H4,78,79,87)(H4,80,81,88)(H4,82,83,89)(H4,84,85,90);(H,6,7);1H4/t39-,42-,43-,44-,45-,46-,47-,48-,49-,50-,51-,52-,53-,55-;;/m0../s1. The SMILES string of the molecule is C.CC[C@H](C)[C@H](NC(=O)[C@H](CCC(=O)O)NC(=O)[C@H](CCCN=C(N)N)NC(=O)[C@H](CCCN=C(N)N)NC(=O)[C@@H](N)CCCCN)C(=O)N[C@@H](CC(C)C)C(=O)N[C@@H](CO)C(=O)N[C@@H](CCCN=C(N)N)C(=O)N[C@@H](CCCN=C(N)N)C(=O)N1CCC[C@H]1C(=O)N[C@@H](CO)C(=O)N[C@@H](Cc1ccc(O)cc1)C(=O)N[C@@H](CCCN=C(N)N)C(=O)O.O=C(O)C(F)(F)F. The monoisotopic (exact) mass is 1850 g/mol. The van der Waals surface area contributed by atoms with E-state index < -0.39 is 211 Å². The summed E-state index contributed by atoms with van der Waals surface area (Å²) in [5.74, 6) is -20.2. The van der Waals surface area contributed by atoms with Gasteiger partial charge in [0.2, 0.25) is 70.9 Å². The van der Waals surface area contributed by atoms with Crippen LogP contribution in [0, 0.1) is 11.8 Å². The number of nitrogens with two attached hydrogens (primary N) is 12. The number of benzene rings is 1. The Bertz CT molecular complexity index is 3940. The number of alkyl halides is 3. The molecule has 1 saturated heterocycles. The summed E-state index contributed by atoms with van der Waals surface area (Å²) >= 11 is 0. The van der Waals surface area contributed by atoms with Crippen molar-refractivity contribution >= 4 is 119 Å². The molecule has 14 atom stereocenters. The number of aliphatic carboxylic acids is 3. The van der Waals surface area contributed by atoms with Gasteiger partial charge in [-0.2, -0.15) is 13.2 Å². The van der Waals surface area contributed by atoms with Crippen LogP contribution in [0.5, 0.6) is 5.75 Å². The number of carbonyl (C=O) groups is 15. The van der Waals surface area contributed by atoms with E-state index in [-0.39, 0.29) is 185 Å². The van der Waals surface area contributed by atoms with Gasteiger partial charge in [-0.3, -0.25) is 87.3 Å². The van der Waals surface area contributed by atoms with Crippen molar-refractivity contribution in [2.45, 2.75) is 248 Å². The van der Waals surface area contributed by atoms with Gasteiger partial charge in [0.05, 0.1) is 19.3 Å². The third-order valence-electron chi connectivity index (χ3n) is 19.3. The summed E-state index contributed by atoms with van der Waals surface area (Å²) in [7, 11) is 0. The first-order chi connectivity index (χ1) is 60.1. The average Bonchev–Trinajstić information content (AvgIpc) is 1.65. The Morgan fingerprint density at radius 2 is 0.806 bits per heavy atom. The number of likely N-dealkylation sites (tertiary alicyclic amines) is 1. The van der Waals surface area contributed by atoms with Crippen LogP contribution in [-0.4, -0.2) is 298 Å². The molecule has 2 rings (SSSR count). The minimum absolute atomic E-state index is 0. The summed E-state index contributed by atoms with van der Waals surface area (Å²) in [6.07, 6.45) is -5.77. The fourth-order valence-electron chi connectivity index (χ4n) is 12.4. The lowest BCUT2D eigenvalue weighted by molar-refractivity contribution is -0.192. The lowest BCUT2D eigenvalue weighted by atomic mass is 9.96. The number of nitrogens with one attached hydrogen (secondary N) is 11. The predicted octanol–water partition coefficient (Wildman–Crippen LogP) is -8.72. The molecular formula is C76H134F3N29O21. The Morgan fingerprint density at radius 1 is 0.457 bits per heavy atom. The number of halogens is 3. The fourth-order valence-corrected chi connectivity index (χ4v) is 12.4. The zero-order valence-corrected chi connectivity index (χ0v) is 72.0. The maximum atomic E-state index is 14.9. The van der Waals surface area contributed by atoms with E-state index in [9.17, 15) is 106 Å². The highest BCUT2D eigenvalue weighted by Gasteiger charge is 2.43. The van der Waals surface area contributed by atoms with Crippen molar-refractivity contribution in [3.05, 3.63) is 29.8 Å². The molecule has 41 N–H and O–H groups in total. The minimum atomic E-state index is -5.08. The van der Waals surface area contributed by atoms with Gasteiger partial charge in [0.15, 0.2) is 29.8 Å². The van der Waals surface area contributed by atoms with Gasteiger partial charge in [-0.1, -0.05) is 60.1 Å². The van der Waals surface area contributed by atoms with Gasteiger partial charge in [-0.25, -0.2) is 9.59 Å². The first-order valence-electron chi connectivity index (χ1n) is 41.2. The van der Waals surface area contributed by atoms with Crippen LogP contribution in [0.2, 0.25) is 0 Å². The molecule has 1 fully saturated rings. The van der Waals surface area contributed by atoms with E-state index in [0.717, 1.165) is 4.90 Å². The van der Waals surface area contributed by atoms with Crippen LogP contribution in [0.1, 0.15) is 163 Å². The Labute approximate surface area is 743 Å². The zero-order valence-electron chi connectivity index (χ0n) is 72.0. The number of carboxylic acid groups (broad SMARTS) is 3. The van der Waals surface area contributed by atoms with E-state index in [1.165, 1.54) is 24.3 Å². The smallest absolute Gasteiger partial charge is 0.490 e. The van der Waals surface area contributed by atoms with Crippen LogP contribution in [0.15, 0.2) is 49.2 Å². The quantitative estimate of drug-likeness (QED) is 0.0164. The van der Waals surface area contributed by atoms with Crippen molar-refractivity contribution in [2.24, 2.45) is 106 Å². The predicted molar refractivity (Wildman–Crippen MR) is 466 cm³/mol.